The van der Waals surface area contributed by atoms with E-state index >= 15 is 0 Å². The molecule has 3 N–H and O–H groups in total. The van der Waals surface area contributed by atoms with Gasteiger partial charge in [-0.2, -0.15) is 5.10 Å². The van der Waals surface area contributed by atoms with Crippen molar-refractivity contribution in [1.29, 1.82) is 0 Å². The van der Waals surface area contributed by atoms with Gasteiger partial charge in [0.05, 0.1) is 5.69 Å². The summed E-state index contributed by atoms with van der Waals surface area (Å²) in [6, 6.07) is 8.33. The predicted octanol–water partition coefficient (Wildman–Crippen LogP) is 2.38. The fraction of sp³-hybridized carbons (Fsp3) is 0.267. The summed E-state index contributed by atoms with van der Waals surface area (Å²) in [5.74, 6) is 0. The van der Waals surface area contributed by atoms with Crippen LogP contribution in [0.3, 0.4) is 0 Å². The number of hydrogen-bond acceptors (Lipinski definition) is 2. The van der Waals surface area contributed by atoms with Crippen LogP contribution in [0.5, 0.6) is 0 Å². The van der Waals surface area contributed by atoms with E-state index in [0.717, 1.165) is 17.6 Å². The molecule has 0 saturated heterocycles. The van der Waals surface area contributed by atoms with Crippen LogP contribution >= 0.6 is 0 Å². The maximum atomic E-state index is 5.72. The summed E-state index contributed by atoms with van der Waals surface area (Å²) in [6.07, 6.45) is 2.90. The third-order valence-corrected chi connectivity index (χ3v) is 3.58. The monoisotopic (exact) mass is 254 g/mol. The lowest BCUT2D eigenvalue weighted by Crippen LogP contribution is -2.08. The van der Waals surface area contributed by atoms with Gasteiger partial charge in [0, 0.05) is 47.4 Å². The molecule has 19 heavy (non-hydrogen) atoms. The number of aryl methyl sites for hydroxylation is 2. The molecule has 2 aromatic heterocycles. The zero-order valence-electron chi connectivity index (χ0n) is 11.3. The Morgan fingerprint density at radius 2 is 2.11 bits per heavy atom. The van der Waals surface area contributed by atoms with Crippen LogP contribution in [0.4, 0.5) is 0 Å². The van der Waals surface area contributed by atoms with Crippen LogP contribution in [-0.4, -0.2) is 21.3 Å². The van der Waals surface area contributed by atoms with E-state index < -0.39 is 0 Å². The van der Waals surface area contributed by atoms with Gasteiger partial charge in [0.25, 0.3) is 0 Å². The quantitative estimate of drug-likeness (QED) is 0.754. The molecule has 0 unspecified atom stereocenters. The van der Waals surface area contributed by atoms with Crippen LogP contribution in [0, 0.1) is 6.92 Å². The third kappa shape index (κ3) is 1.85. The van der Waals surface area contributed by atoms with Crippen molar-refractivity contribution in [3.8, 4) is 11.1 Å². The van der Waals surface area contributed by atoms with Gasteiger partial charge in [0.15, 0.2) is 0 Å². The normalized spacial score (nSPS) is 11.3. The van der Waals surface area contributed by atoms with Gasteiger partial charge in [-0.25, -0.2) is 0 Å². The fourth-order valence-electron chi connectivity index (χ4n) is 2.76. The summed E-state index contributed by atoms with van der Waals surface area (Å²) in [4.78, 5) is 3.32. The second-order valence-corrected chi connectivity index (χ2v) is 4.82. The Kier molecular flexibility index (Phi) is 2.87. The molecule has 0 bridgehead atoms. The maximum Gasteiger partial charge on any atom is 0.0675 e. The number of nitrogens with two attached hydrogens (primary N) is 1. The molecule has 4 heteroatoms. The fourth-order valence-corrected chi connectivity index (χ4v) is 2.76. The number of hydrogen-bond donors (Lipinski definition) is 2. The molecule has 3 aromatic rings. The SMILES string of the molecule is Cc1nn(C)c(CCN)c1-c1c[nH]c2ccccc12. The molecule has 0 aliphatic rings. The Balaban J connectivity index is 2.26. The number of nitrogens with zero attached hydrogens (tertiary/aromatic N) is 2. The number of rotatable bonds is 3. The Morgan fingerprint density at radius 3 is 2.89 bits per heavy atom. The molecule has 2 heterocycles. The second kappa shape index (κ2) is 4.55. The van der Waals surface area contributed by atoms with Crippen molar-refractivity contribution in [3.05, 3.63) is 41.9 Å². The standard InChI is InChI=1S/C15H18N4/c1-10-15(14(7-8-16)19(2)18-10)12-9-17-13-6-4-3-5-11(12)13/h3-6,9,17H,7-8,16H2,1-2H3. The lowest BCUT2D eigenvalue weighted by molar-refractivity contribution is 0.701. The zero-order valence-corrected chi connectivity index (χ0v) is 11.3. The number of aromatic amines is 1. The van der Waals surface area contributed by atoms with Crippen molar-refractivity contribution in [2.75, 3.05) is 6.54 Å². The van der Waals surface area contributed by atoms with Crippen LogP contribution in [0.25, 0.3) is 22.0 Å². The van der Waals surface area contributed by atoms with E-state index in [1.807, 2.05) is 17.8 Å². The molecular formula is C15H18N4. The lowest BCUT2D eigenvalue weighted by Gasteiger charge is -2.04. The van der Waals surface area contributed by atoms with Crippen LogP contribution < -0.4 is 5.73 Å². The van der Waals surface area contributed by atoms with Gasteiger partial charge >= 0.3 is 0 Å². The summed E-state index contributed by atoms with van der Waals surface area (Å²) in [6.45, 7) is 2.69. The van der Waals surface area contributed by atoms with E-state index in [2.05, 4.69) is 41.4 Å². The van der Waals surface area contributed by atoms with Crippen LogP contribution in [0.1, 0.15) is 11.4 Å². The summed E-state index contributed by atoms with van der Waals surface area (Å²) >= 11 is 0. The van der Waals surface area contributed by atoms with Gasteiger partial charge < -0.3 is 10.7 Å². The minimum absolute atomic E-state index is 0.633. The molecule has 0 radical (unpaired) electrons. The Labute approximate surface area is 112 Å². The van der Waals surface area contributed by atoms with Gasteiger partial charge in [-0.05, 0) is 19.5 Å². The number of aromatic nitrogens is 3. The van der Waals surface area contributed by atoms with Crippen molar-refractivity contribution < 1.29 is 0 Å². The van der Waals surface area contributed by atoms with Crippen molar-refractivity contribution in [3.63, 3.8) is 0 Å². The van der Waals surface area contributed by atoms with Crippen molar-refractivity contribution in [1.82, 2.24) is 14.8 Å². The average Bonchev–Trinajstić information content (AvgIpc) is 2.92. The van der Waals surface area contributed by atoms with E-state index in [1.54, 1.807) is 0 Å². The molecular weight excluding hydrogens is 236 g/mol. The molecule has 0 saturated carbocycles. The molecule has 0 amide bonds. The second-order valence-electron chi connectivity index (χ2n) is 4.82. The number of H-pyrrole nitrogens is 1. The molecule has 0 aliphatic carbocycles. The first kappa shape index (κ1) is 12.0. The van der Waals surface area contributed by atoms with Gasteiger partial charge in [-0.1, -0.05) is 18.2 Å². The number of benzene rings is 1. The van der Waals surface area contributed by atoms with Gasteiger partial charge in [0.2, 0.25) is 0 Å². The highest BCUT2D eigenvalue weighted by Gasteiger charge is 2.17. The molecule has 1 aromatic carbocycles. The summed E-state index contributed by atoms with van der Waals surface area (Å²) in [5.41, 5.74) is 11.6. The highest BCUT2D eigenvalue weighted by molar-refractivity contribution is 5.96. The lowest BCUT2D eigenvalue weighted by atomic mass is 10.0. The first-order valence-corrected chi connectivity index (χ1v) is 6.51. The largest absolute Gasteiger partial charge is 0.361 e. The first-order chi connectivity index (χ1) is 9.22. The zero-order chi connectivity index (χ0) is 13.4. The topological polar surface area (TPSA) is 59.6 Å². The summed E-state index contributed by atoms with van der Waals surface area (Å²) < 4.78 is 1.94. The van der Waals surface area contributed by atoms with Gasteiger partial charge in [-0.3, -0.25) is 4.68 Å². The third-order valence-electron chi connectivity index (χ3n) is 3.58. The van der Waals surface area contributed by atoms with Gasteiger partial charge in [-0.15, -0.1) is 0 Å². The Bertz CT molecular complexity index is 721. The Hall–Kier alpha value is -2.07. The summed E-state index contributed by atoms with van der Waals surface area (Å²) in [7, 11) is 1.98. The smallest absolute Gasteiger partial charge is 0.0675 e. The highest BCUT2D eigenvalue weighted by atomic mass is 15.3. The van der Waals surface area contributed by atoms with E-state index in [-0.39, 0.29) is 0 Å². The first-order valence-electron chi connectivity index (χ1n) is 6.51. The predicted molar refractivity (Wildman–Crippen MR) is 78.0 cm³/mol. The minimum Gasteiger partial charge on any atom is -0.361 e. The van der Waals surface area contributed by atoms with E-state index in [0.29, 0.717) is 6.54 Å². The van der Waals surface area contributed by atoms with E-state index in [4.69, 9.17) is 5.73 Å². The number of para-hydroxylation sites is 1. The van der Waals surface area contributed by atoms with E-state index in [1.165, 1.54) is 22.2 Å². The highest BCUT2D eigenvalue weighted by Crippen LogP contribution is 2.33. The molecule has 4 nitrogen and oxygen atoms in total. The van der Waals surface area contributed by atoms with Crippen LogP contribution in [0.2, 0.25) is 0 Å². The molecule has 0 atom stereocenters. The van der Waals surface area contributed by atoms with Gasteiger partial charge in [0.1, 0.15) is 0 Å². The number of nitrogens with one attached hydrogen (secondary N) is 1. The van der Waals surface area contributed by atoms with Crippen LogP contribution in [-0.2, 0) is 13.5 Å². The molecule has 3 rings (SSSR count). The molecule has 0 fully saturated rings. The minimum atomic E-state index is 0.633. The maximum absolute atomic E-state index is 5.72. The van der Waals surface area contributed by atoms with Crippen molar-refractivity contribution in [2.24, 2.45) is 12.8 Å². The molecule has 0 aliphatic heterocycles. The van der Waals surface area contributed by atoms with Crippen molar-refractivity contribution >= 4 is 10.9 Å². The van der Waals surface area contributed by atoms with Crippen molar-refractivity contribution in [2.45, 2.75) is 13.3 Å². The van der Waals surface area contributed by atoms with Crippen LogP contribution in [0.15, 0.2) is 30.5 Å². The number of fused-ring (bicyclic) bond motifs is 1. The Morgan fingerprint density at radius 1 is 1.32 bits per heavy atom. The van der Waals surface area contributed by atoms with E-state index in [9.17, 15) is 0 Å². The summed E-state index contributed by atoms with van der Waals surface area (Å²) in [5, 5.41) is 5.77. The molecule has 0 spiro atoms. The molecule has 98 valence electrons. The average molecular weight is 254 g/mol.